The van der Waals surface area contributed by atoms with Crippen LogP contribution in [0.1, 0.15) is 21.5 Å². The van der Waals surface area contributed by atoms with Crippen molar-refractivity contribution in [2.24, 2.45) is 0 Å². The summed E-state index contributed by atoms with van der Waals surface area (Å²) in [4.78, 5) is 17.8. The van der Waals surface area contributed by atoms with Crippen LogP contribution >= 0.6 is 23.1 Å². The third-order valence-electron chi connectivity index (χ3n) is 3.72. The summed E-state index contributed by atoms with van der Waals surface area (Å²) >= 11 is 3.17. The smallest absolute Gasteiger partial charge is 0.269 e. The number of nitrogens with zero attached hydrogens (tertiary/aromatic N) is 1. The van der Waals surface area contributed by atoms with E-state index in [9.17, 15) is 4.79 Å². The van der Waals surface area contributed by atoms with E-state index in [1.54, 1.807) is 11.8 Å². The number of rotatable bonds is 4. The molecule has 0 aliphatic rings. The fourth-order valence-corrected chi connectivity index (χ4v) is 3.49. The van der Waals surface area contributed by atoms with Crippen molar-refractivity contribution < 1.29 is 4.79 Å². The number of hydrogen-bond acceptors (Lipinski definition) is 5. The molecular formula is C17H17N3OS2. The average molecular weight is 343 g/mol. The summed E-state index contributed by atoms with van der Waals surface area (Å²) in [5, 5.41) is 0.683. The molecule has 3 rings (SSSR count). The number of benzene rings is 2. The summed E-state index contributed by atoms with van der Waals surface area (Å²) < 4.78 is 1.11. The van der Waals surface area contributed by atoms with Crippen LogP contribution in [0.15, 0.2) is 41.3 Å². The van der Waals surface area contributed by atoms with Crippen molar-refractivity contribution in [1.82, 2.24) is 10.4 Å². The van der Waals surface area contributed by atoms with E-state index >= 15 is 0 Å². The molecular weight excluding hydrogens is 326 g/mol. The molecule has 1 heterocycles. The van der Waals surface area contributed by atoms with Crippen LogP contribution in [0.5, 0.6) is 0 Å². The van der Waals surface area contributed by atoms with Crippen LogP contribution in [0.3, 0.4) is 0 Å². The number of nitrogens with one attached hydrogen (secondary N) is 2. The molecule has 6 heteroatoms. The number of fused-ring (bicyclic) bond motifs is 1. The van der Waals surface area contributed by atoms with Crippen LogP contribution in [0.2, 0.25) is 0 Å². The SMILES string of the molecule is CSc1ccc(C(=O)NNc2nc3c(C)c(C)ccc3s2)cc1. The normalized spacial score (nSPS) is 10.7. The lowest BCUT2D eigenvalue weighted by atomic mass is 10.1. The van der Waals surface area contributed by atoms with Gasteiger partial charge < -0.3 is 0 Å². The summed E-state index contributed by atoms with van der Waals surface area (Å²) in [6.07, 6.45) is 2.01. The molecule has 0 aliphatic heterocycles. The molecule has 4 nitrogen and oxygen atoms in total. The Hall–Kier alpha value is -2.05. The van der Waals surface area contributed by atoms with Crippen molar-refractivity contribution in [2.45, 2.75) is 18.7 Å². The minimum absolute atomic E-state index is 0.176. The van der Waals surface area contributed by atoms with Gasteiger partial charge in [-0.2, -0.15) is 0 Å². The zero-order valence-corrected chi connectivity index (χ0v) is 14.8. The molecule has 0 fully saturated rings. The maximum Gasteiger partial charge on any atom is 0.269 e. The summed E-state index contributed by atoms with van der Waals surface area (Å²) in [5.74, 6) is -0.176. The quantitative estimate of drug-likeness (QED) is 0.545. The molecule has 0 aliphatic carbocycles. The molecule has 1 amide bonds. The van der Waals surface area contributed by atoms with Gasteiger partial charge in [-0.05, 0) is 61.6 Å². The zero-order chi connectivity index (χ0) is 16.4. The second kappa shape index (κ2) is 6.60. The lowest BCUT2D eigenvalue weighted by molar-refractivity contribution is 0.0962. The molecule has 0 radical (unpaired) electrons. The van der Waals surface area contributed by atoms with E-state index in [0.29, 0.717) is 10.7 Å². The number of thiazole rings is 1. The highest BCUT2D eigenvalue weighted by atomic mass is 32.2. The lowest BCUT2D eigenvalue weighted by Crippen LogP contribution is -2.29. The van der Waals surface area contributed by atoms with Gasteiger partial charge in [-0.25, -0.2) is 4.98 Å². The first-order valence-corrected chi connectivity index (χ1v) is 9.20. The number of hydrogen-bond donors (Lipinski definition) is 2. The molecule has 0 bridgehead atoms. The third-order valence-corrected chi connectivity index (χ3v) is 5.40. The largest absolute Gasteiger partial charge is 0.273 e. The van der Waals surface area contributed by atoms with Gasteiger partial charge in [-0.15, -0.1) is 11.8 Å². The van der Waals surface area contributed by atoms with Crippen LogP contribution in [0, 0.1) is 13.8 Å². The summed E-state index contributed by atoms with van der Waals surface area (Å²) in [7, 11) is 0. The Morgan fingerprint density at radius 1 is 1.13 bits per heavy atom. The third kappa shape index (κ3) is 3.33. The van der Waals surface area contributed by atoms with E-state index < -0.39 is 0 Å². The van der Waals surface area contributed by atoms with E-state index in [1.165, 1.54) is 22.5 Å². The van der Waals surface area contributed by atoms with Crippen molar-refractivity contribution in [3.8, 4) is 0 Å². The highest BCUT2D eigenvalue weighted by Gasteiger charge is 2.09. The topological polar surface area (TPSA) is 54.0 Å². The van der Waals surface area contributed by atoms with Gasteiger partial charge in [0, 0.05) is 10.5 Å². The van der Waals surface area contributed by atoms with Gasteiger partial charge in [0.05, 0.1) is 10.2 Å². The molecule has 1 aromatic heterocycles. The molecule has 2 N–H and O–H groups in total. The van der Waals surface area contributed by atoms with Gasteiger partial charge in [0.15, 0.2) is 0 Å². The second-order valence-electron chi connectivity index (χ2n) is 5.18. The van der Waals surface area contributed by atoms with Crippen molar-refractivity contribution in [3.05, 3.63) is 53.1 Å². The van der Waals surface area contributed by atoms with Crippen molar-refractivity contribution in [1.29, 1.82) is 0 Å². The average Bonchev–Trinajstić information content (AvgIpc) is 3.00. The number of aryl methyl sites for hydroxylation is 2. The first-order valence-electron chi connectivity index (χ1n) is 7.15. The zero-order valence-electron chi connectivity index (χ0n) is 13.1. The van der Waals surface area contributed by atoms with Crippen molar-refractivity contribution >= 4 is 44.4 Å². The Morgan fingerprint density at radius 3 is 2.57 bits per heavy atom. The highest BCUT2D eigenvalue weighted by molar-refractivity contribution is 7.98. The van der Waals surface area contributed by atoms with Gasteiger partial charge in [0.2, 0.25) is 5.13 Å². The summed E-state index contributed by atoms with van der Waals surface area (Å²) in [5.41, 5.74) is 9.59. The predicted molar refractivity (Wildman–Crippen MR) is 98.4 cm³/mol. The molecule has 23 heavy (non-hydrogen) atoms. The number of carbonyl (C=O) groups excluding carboxylic acids is 1. The van der Waals surface area contributed by atoms with E-state index in [-0.39, 0.29) is 5.91 Å². The maximum absolute atomic E-state index is 12.2. The van der Waals surface area contributed by atoms with Gasteiger partial charge in [-0.1, -0.05) is 17.4 Å². The molecule has 0 spiro atoms. The number of carbonyl (C=O) groups is 1. The van der Waals surface area contributed by atoms with Crippen LogP contribution in [0.25, 0.3) is 10.2 Å². The number of thioether (sulfide) groups is 1. The van der Waals surface area contributed by atoms with Crippen molar-refractivity contribution in [3.63, 3.8) is 0 Å². The van der Waals surface area contributed by atoms with Gasteiger partial charge in [-0.3, -0.25) is 15.6 Å². The lowest BCUT2D eigenvalue weighted by Gasteiger charge is -2.05. The van der Waals surface area contributed by atoms with Crippen LogP contribution in [-0.2, 0) is 0 Å². The fourth-order valence-electron chi connectivity index (χ4n) is 2.20. The van der Waals surface area contributed by atoms with Crippen LogP contribution in [0.4, 0.5) is 5.13 Å². The highest BCUT2D eigenvalue weighted by Crippen LogP contribution is 2.29. The first-order chi connectivity index (χ1) is 11.1. The fraction of sp³-hybridized carbons (Fsp3) is 0.176. The Labute approximate surface area is 143 Å². The molecule has 0 unspecified atom stereocenters. The van der Waals surface area contributed by atoms with E-state index in [1.807, 2.05) is 30.5 Å². The van der Waals surface area contributed by atoms with Gasteiger partial charge >= 0.3 is 0 Å². The van der Waals surface area contributed by atoms with E-state index in [4.69, 9.17) is 0 Å². The van der Waals surface area contributed by atoms with Crippen molar-refractivity contribution in [2.75, 3.05) is 11.7 Å². The second-order valence-corrected chi connectivity index (χ2v) is 7.09. The molecule has 3 aromatic rings. The molecule has 0 saturated carbocycles. The van der Waals surface area contributed by atoms with Gasteiger partial charge in [0.25, 0.3) is 5.91 Å². The number of hydrazine groups is 1. The Kier molecular flexibility index (Phi) is 4.54. The van der Waals surface area contributed by atoms with Gasteiger partial charge in [0.1, 0.15) is 0 Å². The molecule has 118 valence electrons. The summed E-state index contributed by atoms with van der Waals surface area (Å²) in [6.45, 7) is 4.13. The molecule has 0 atom stereocenters. The first kappa shape index (κ1) is 15.8. The number of anilines is 1. The minimum Gasteiger partial charge on any atom is -0.273 e. The van der Waals surface area contributed by atoms with Crippen LogP contribution in [-0.4, -0.2) is 17.1 Å². The monoisotopic (exact) mass is 343 g/mol. The number of aromatic nitrogens is 1. The maximum atomic E-state index is 12.2. The Morgan fingerprint density at radius 2 is 1.87 bits per heavy atom. The molecule has 2 aromatic carbocycles. The standard InChI is InChI=1S/C17H17N3OS2/c1-10-4-9-14-15(11(10)2)18-17(23-14)20-19-16(21)12-5-7-13(22-3)8-6-12/h4-9H,1-3H3,(H,18,20)(H,19,21). The Balaban J connectivity index is 1.72. The van der Waals surface area contributed by atoms with E-state index in [2.05, 4.69) is 41.8 Å². The summed E-state index contributed by atoms with van der Waals surface area (Å²) in [6, 6.07) is 11.6. The molecule has 0 saturated heterocycles. The Bertz CT molecular complexity index is 856. The minimum atomic E-state index is -0.176. The van der Waals surface area contributed by atoms with Crippen LogP contribution < -0.4 is 10.9 Å². The van der Waals surface area contributed by atoms with E-state index in [0.717, 1.165) is 15.1 Å². The predicted octanol–water partition coefficient (Wildman–Crippen LogP) is 4.39. The number of amides is 1.